The topological polar surface area (TPSA) is 80.9 Å². The van der Waals surface area contributed by atoms with Crippen molar-refractivity contribution in [1.82, 2.24) is 0 Å². The van der Waals surface area contributed by atoms with Crippen molar-refractivity contribution in [3.05, 3.63) is 166 Å². The van der Waals surface area contributed by atoms with Crippen molar-refractivity contribution >= 4 is 43.1 Å². The summed E-state index contributed by atoms with van der Waals surface area (Å²) < 4.78 is 0. The first-order chi connectivity index (χ1) is 23.4. The molecule has 0 amide bonds. The van der Waals surface area contributed by atoms with E-state index in [2.05, 4.69) is 0 Å². The van der Waals surface area contributed by atoms with E-state index in [1.54, 1.807) is 0 Å². The molecule has 0 aromatic heterocycles. The second-order valence-electron chi connectivity index (χ2n) is 13.0. The van der Waals surface area contributed by atoms with Crippen LogP contribution in [-0.4, -0.2) is 20.4 Å². The largest absolute Gasteiger partial charge is 0.507 e. The first-order valence-electron chi connectivity index (χ1n) is 16.3. The molecule has 48 heavy (non-hydrogen) atoms. The number of hydrogen-bond acceptors (Lipinski definition) is 4. The summed E-state index contributed by atoms with van der Waals surface area (Å²) in [4.78, 5) is 0. The third kappa shape index (κ3) is 4.37. The van der Waals surface area contributed by atoms with E-state index in [4.69, 9.17) is 0 Å². The molecule has 9 rings (SSSR count). The molecular weight excluding hydrogens is 592 g/mol. The van der Waals surface area contributed by atoms with Crippen LogP contribution in [0.25, 0.3) is 43.1 Å². The second-order valence-corrected chi connectivity index (χ2v) is 13.0. The third-order valence-electron chi connectivity index (χ3n) is 10.3. The fraction of sp³-hybridized carbons (Fsp3) is 0.0909. The maximum atomic E-state index is 12.0. The van der Waals surface area contributed by atoms with E-state index in [-0.39, 0.29) is 23.0 Å². The molecule has 0 spiro atoms. The van der Waals surface area contributed by atoms with Gasteiger partial charge in [0.25, 0.3) is 0 Å². The van der Waals surface area contributed by atoms with Crippen molar-refractivity contribution in [1.29, 1.82) is 0 Å². The average Bonchev–Trinajstić information content (AvgIpc) is 3.10. The quantitative estimate of drug-likeness (QED) is 0.135. The van der Waals surface area contributed by atoms with E-state index < -0.39 is 0 Å². The van der Waals surface area contributed by atoms with Gasteiger partial charge in [0, 0.05) is 47.9 Å². The molecule has 1 aliphatic rings. The maximum absolute atomic E-state index is 12.0. The molecule has 4 heteroatoms. The molecule has 8 aromatic rings. The van der Waals surface area contributed by atoms with E-state index in [0.29, 0.717) is 47.9 Å². The molecule has 4 nitrogen and oxygen atoms in total. The SMILES string of the molecule is Oc1c2cc3ccccc3c1Cc1c(O)c(cc3ccccc13)Cc1cc3ccccc3c(c1O)Cc1c(O)c(cc3ccccc13)C2. The number of phenols is 4. The Labute approximate surface area is 277 Å². The van der Waals surface area contributed by atoms with Crippen LogP contribution in [0.4, 0.5) is 0 Å². The fourth-order valence-electron chi connectivity index (χ4n) is 7.92. The minimum atomic E-state index is 0.164. The molecule has 0 saturated heterocycles. The zero-order chi connectivity index (χ0) is 32.5. The Kier molecular flexibility index (Phi) is 6.34. The summed E-state index contributed by atoms with van der Waals surface area (Å²) in [6, 6.07) is 40.0. The van der Waals surface area contributed by atoms with Crippen LogP contribution in [0.5, 0.6) is 23.0 Å². The van der Waals surface area contributed by atoms with Crippen molar-refractivity contribution in [2.45, 2.75) is 25.7 Å². The van der Waals surface area contributed by atoms with Gasteiger partial charge >= 0.3 is 0 Å². The number of fused-ring (bicyclic) bond motifs is 16. The van der Waals surface area contributed by atoms with Crippen LogP contribution in [0.1, 0.15) is 44.5 Å². The van der Waals surface area contributed by atoms with E-state index >= 15 is 0 Å². The minimum absolute atomic E-state index is 0.164. The summed E-state index contributed by atoms with van der Waals surface area (Å²) in [7, 11) is 0. The predicted molar refractivity (Wildman–Crippen MR) is 194 cm³/mol. The van der Waals surface area contributed by atoms with Crippen molar-refractivity contribution < 1.29 is 20.4 Å². The standard InChI is InChI=1S/C44H32O4/c45-41-29-17-25-9-1-5-13-33(25)37(41)23-38-34-14-6-2-11-27(34)19-31(43(38)47)22-32-20-28-12-4-8-16-36(28)40(44(32)48)24-39-35-15-7-3-10-26(35)18-30(21-29)42(39)46/h1-20,45-48H,21-24H2. The first-order valence-corrected chi connectivity index (χ1v) is 16.3. The zero-order valence-corrected chi connectivity index (χ0v) is 26.2. The smallest absolute Gasteiger partial charge is 0.123 e. The molecule has 0 fully saturated rings. The van der Waals surface area contributed by atoms with E-state index in [1.165, 1.54) is 0 Å². The summed E-state index contributed by atoms with van der Waals surface area (Å²) in [6.45, 7) is 0. The molecule has 0 atom stereocenters. The lowest BCUT2D eigenvalue weighted by Crippen LogP contribution is -2.03. The monoisotopic (exact) mass is 624 g/mol. The lowest BCUT2D eigenvalue weighted by atomic mass is 9.85. The van der Waals surface area contributed by atoms with Crippen molar-refractivity contribution in [2.75, 3.05) is 0 Å². The van der Waals surface area contributed by atoms with Gasteiger partial charge in [-0.2, -0.15) is 0 Å². The van der Waals surface area contributed by atoms with Gasteiger partial charge in [0.15, 0.2) is 0 Å². The summed E-state index contributed by atoms with van der Waals surface area (Å²) in [5, 5.41) is 55.8. The minimum Gasteiger partial charge on any atom is -0.507 e. The van der Waals surface area contributed by atoms with Crippen molar-refractivity contribution in [2.24, 2.45) is 0 Å². The fourth-order valence-corrected chi connectivity index (χ4v) is 7.92. The van der Waals surface area contributed by atoms with Gasteiger partial charge < -0.3 is 20.4 Å². The van der Waals surface area contributed by atoms with Crippen LogP contribution in [0.15, 0.2) is 121 Å². The van der Waals surface area contributed by atoms with Crippen LogP contribution in [0.2, 0.25) is 0 Å². The van der Waals surface area contributed by atoms with E-state index in [0.717, 1.165) is 65.3 Å². The Bertz CT molecular complexity index is 2260. The molecular formula is C44H32O4. The highest BCUT2D eigenvalue weighted by Crippen LogP contribution is 2.44. The average molecular weight is 625 g/mol. The van der Waals surface area contributed by atoms with Crippen molar-refractivity contribution in [3.8, 4) is 23.0 Å². The lowest BCUT2D eigenvalue weighted by Gasteiger charge is -2.21. The molecule has 8 bridgehead atoms. The third-order valence-corrected chi connectivity index (χ3v) is 10.3. The molecule has 0 heterocycles. The molecule has 0 radical (unpaired) electrons. The number of phenolic OH excluding ortho intramolecular Hbond substituents is 4. The molecule has 1 aliphatic carbocycles. The summed E-state index contributed by atoms with van der Waals surface area (Å²) in [5.41, 5.74) is 5.69. The van der Waals surface area contributed by atoms with Gasteiger partial charge in [-0.3, -0.25) is 0 Å². The molecule has 0 aliphatic heterocycles. The van der Waals surface area contributed by atoms with Gasteiger partial charge in [-0.15, -0.1) is 0 Å². The van der Waals surface area contributed by atoms with Crippen LogP contribution in [-0.2, 0) is 25.7 Å². The van der Waals surface area contributed by atoms with Gasteiger partial charge in [-0.25, -0.2) is 0 Å². The Morgan fingerprint density at radius 3 is 0.771 bits per heavy atom. The lowest BCUT2D eigenvalue weighted by molar-refractivity contribution is 0.452. The Morgan fingerprint density at radius 2 is 0.521 bits per heavy atom. The Balaban J connectivity index is 1.40. The highest BCUT2D eigenvalue weighted by Gasteiger charge is 2.24. The number of rotatable bonds is 0. The van der Waals surface area contributed by atoms with Crippen LogP contribution in [0.3, 0.4) is 0 Å². The van der Waals surface area contributed by atoms with Gasteiger partial charge in [0.2, 0.25) is 0 Å². The Morgan fingerprint density at radius 1 is 0.292 bits per heavy atom. The van der Waals surface area contributed by atoms with Gasteiger partial charge in [0.05, 0.1) is 0 Å². The molecule has 0 unspecified atom stereocenters. The molecule has 0 saturated carbocycles. The van der Waals surface area contributed by atoms with Gasteiger partial charge in [0.1, 0.15) is 23.0 Å². The number of benzene rings is 8. The highest BCUT2D eigenvalue weighted by atomic mass is 16.3. The summed E-state index contributed by atoms with van der Waals surface area (Å²) >= 11 is 0. The summed E-state index contributed by atoms with van der Waals surface area (Å²) in [5.74, 6) is 0.658. The molecule has 4 N–H and O–H groups in total. The maximum Gasteiger partial charge on any atom is 0.123 e. The van der Waals surface area contributed by atoms with Gasteiger partial charge in [-0.05, 0) is 89.6 Å². The van der Waals surface area contributed by atoms with Crippen LogP contribution in [0, 0.1) is 0 Å². The molecule has 8 aromatic carbocycles. The van der Waals surface area contributed by atoms with E-state index in [1.807, 2.05) is 121 Å². The van der Waals surface area contributed by atoms with Crippen LogP contribution < -0.4 is 0 Å². The first kappa shape index (κ1) is 28.2. The molecule has 232 valence electrons. The number of aromatic hydroxyl groups is 4. The van der Waals surface area contributed by atoms with Gasteiger partial charge in [-0.1, -0.05) is 97.1 Å². The van der Waals surface area contributed by atoms with Crippen molar-refractivity contribution in [3.63, 3.8) is 0 Å². The highest BCUT2D eigenvalue weighted by molar-refractivity contribution is 5.95. The summed E-state index contributed by atoms with van der Waals surface area (Å²) in [6.07, 6.45) is 1.19. The van der Waals surface area contributed by atoms with Crippen LogP contribution >= 0.6 is 0 Å². The predicted octanol–water partition coefficient (Wildman–Crippen LogP) is 9.80. The normalized spacial score (nSPS) is 13.0. The Hall–Kier alpha value is -6.00. The van der Waals surface area contributed by atoms with E-state index in [9.17, 15) is 20.4 Å². The second kappa shape index (κ2) is 10.8. The number of hydrogen-bond donors (Lipinski definition) is 4. The zero-order valence-electron chi connectivity index (χ0n) is 26.2.